The third-order valence-corrected chi connectivity index (χ3v) is 2.64. The molecule has 1 N–H and O–H groups in total. The van der Waals surface area contributed by atoms with Gasteiger partial charge in [0.1, 0.15) is 5.75 Å². The van der Waals surface area contributed by atoms with Crippen LogP contribution in [0.15, 0.2) is 24.3 Å². The lowest BCUT2D eigenvalue weighted by Crippen LogP contribution is -2.19. The van der Waals surface area contributed by atoms with Crippen LogP contribution in [-0.2, 0) is 0 Å². The zero-order valence-corrected chi connectivity index (χ0v) is 10.6. The molecule has 0 fully saturated rings. The van der Waals surface area contributed by atoms with E-state index in [2.05, 4.69) is 5.32 Å². The molecular weight excluding hydrogens is 243 g/mol. The minimum Gasteiger partial charge on any atom is -0.494 e. The molecule has 2 nitrogen and oxygen atoms in total. The molecule has 0 bridgehead atoms. The first kappa shape index (κ1) is 14.8. The van der Waals surface area contributed by atoms with Gasteiger partial charge in [-0.05, 0) is 38.1 Å². The summed E-state index contributed by atoms with van der Waals surface area (Å²) in [6.45, 7) is 2.40. The quantitative estimate of drug-likeness (QED) is 0.843. The molecule has 0 saturated heterocycles. The smallest absolute Gasteiger partial charge is 0.389 e. The molecule has 0 aliphatic heterocycles. The van der Waals surface area contributed by atoms with Gasteiger partial charge in [-0.3, -0.25) is 0 Å². The van der Waals surface area contributed by atoms with Crippen LogP contribution in [0.3, 0.4) is 0 Å². The van der Waals surface area contributed by atoms with Crippen LogP contribution in [-0.4, -0.2) is 19.8 Å². The zero-order chi connectivity index (χ0) is 13.6. The van der Waals surface area contributed by atoms with Crippen molar-refractivity contribution in [2.24, 2.45) is 0 Å². The van der Waals surface area contributed by atoms with Crippen LogP contribution >= 0.6 is 0 Å². The number of hydrogen-bond acceptors (Lipinski definition) is 2. The van der Waals surface area contributed by atoms with Gasteiger partial charge in [-0.25, -0.2) is 0 Å². The fourth-order valence-corrected chi connectivity index (χ4v) is 1.77. The van der Waals surface area contributed by atoms with Crippen molar-refractivity contribution in [2.45, 2.75) is 32.0 Å². The highest BCUT2D eigenvalue weighted by Crippen LogP contribution is 2.28. The first-order valence-corrected chi connectivity index (χ1v) is 5.93. The SMILES string of the molecule is CCOc1cccc(C(CCC(F)(F)F)NC)c1. The third kappa shape index (κ3) is 4.96. The Morgan fingerprint density at radius 1 is 1.33 bits per heavy atom. The number of ether oxygens (including phenoxy) is 1. The van der Waals surface area contributed by atoms with Gasteiger partial charge in [0.25, 0.3) is 0 Å². The second-order valence-corrected chi connectivity index (χ2v) is 4.00. The van der Waals surface area contributed by atoms with Crippen LogP contribution < -0.4 is 10.1 Å². The lowest BCUT2D eigenvalue weighted by Gasteiger charge is -2.18. The molecule has 5 heteroatoms. The summed E-state index contributed by atoms with van der Waals surface area (Å²) in [5.74, 6) is 0.683. The predicted octanol–water partition coefficient (Wildman–Crippen LogP) is 3.69. The summed E-state index contributed by atoms with van der Waals surface area (Å²) in [7, 11) is 1.66. The van der Waals surface area contributed by atoms with Gasteiger partial charge in [-0.2, -0.15) is 13.2 Å². The summed E-state index contributed by atoms with van der Waals surface area (Å²) in [6, 6.07) is 6.86. The van der Waals surface area contributed by atoms with Gasteiger partial charge >= 0.3 is 6.18 Å². The topological polar surface area (TPSA) is 21.3 Å². The van der Waals surface area contributed by atoms with Crippen LogP contribution in [0.1, 0.15) is 31.4 Å². The fourth-order valence-electron chi connectivity index (χ4n) is 1.77. The van der Waals surface area contributed by atoms with Gasteiger partial charge < -0.3 is 10.1 Å². The lowest BCUT2D eigenvalue weighted by atomic mass is 10.0. The van der Waals surface area contributed by atoms with E-state index in [0.717, 1.165) is 5.56 Å². The van der Waals surface area contributed by atoms with Crippen LogP contribution in [0.25, 0.3) is 0 Å². The first-order chi connectivity index (χ1) is 8.46. The normalized spacial score (nSPS) is 13.4. The second kappa shape index (κ2) is 6.64. The Kier molecular flexibility index (Phi) is 5.47. The predicted molar refractivity (Wildman–Crippen MR) is 64.7 cm³/mol. The molecule has 0 amide bonds. The average molecular weight is 261 g/mol. The number of rotatable bonds is 6. The van der Waals surface area contributed by atoms with E-state index in [0.29, 0.717) is 12.4 Å². The van der Waals surface area contributed by atoms with E-state index < -0.39 is 12.6 Å². The highest BCUT2D eigenvalue weighted by Gasteiger charge is 2.28. The minimum atomic E-state index is -4.12. The first-order valence-electron chi connectivity index (χ1n) is 5.93. The van der Waals surface area contributed by atoms with Gasteiger partial charge in [0.15, 0.2) is 0 Å². The van der Waals surface area contributed by atoms with Gasteiger partial charge in [0.2, 0.25) is 0 Å². The molecule has 0 aromatic heterocycles. The second-order valence-electron chi connectivity index (χ2n) is 4.00. The number of benzene rings is 1. The molecule has 1 rings (SSSR count). The van der Waals surface area contributed by atoms with Crippen LogP contribution in [0.5, 0.6) is 5.75 Å². The molecule has 0 radical (unpaired) electrons. The standard InChI is InChI=1S/C13H18F3NO/c1-3-18-11-6-4-5-10(9-11)12(17-2)7-8-13(14,15)16/h4-6,9,12,17H,3,7-8H2,1-2H3. The molecule has 0 heterocycles. The summed E-state index contributed by atoms with van der Waals surface area (Å²) in [4.78, 5) is 0. The van der Waals surface area contributed by atoms with Crippen LogP contribution in [0.2, 0.25) is 0 Å². The zero-order valence-electron chi connectivity index (χ0n) is 10.6. The van der Waals surface area contributed by atoms with Gasteiger partial charge in [-0.15, -0.1) is 0 Å². The third-order valence-electron chi connectivity index (χ3n) is 2.64. The summed E-state index contributed by atoms with van der Waals surface area (Å²) in [5.41, 5.74) is 0.813. The Hall–Kier alpha value is -1.23. The summed E-state index contributed by atoms with van der Waals surface area (Å²) in [5, 5.41) is 2.90. The molecule has 0 saturated carbocycles. The highest BCUT2D eigenvalue weighted by molar-refractivity contribution is 5.30. The Bertz CT molecular complexity index is 365. The van der Waals surface area contributed by atoms with E-state index in [4.69, 9.17) is 4.74 Å². The summed E-state index contributed by atoms with van der Waals surface area (Å²) >= 11 is 0. The molecule has 1 aromatic rings. The van der Waals surface area contributed by atoms with E-state index in [-0.39, 0.29) is 12.5 Å². The van der Waals surface area contributed by atoms with E-state index in [1.54, 1.807) is 31.3 Å². The van der Waals surface area contributed by atoms with Gasteiger partial charge in [-0.1, -0.05) is 12.1 Å². The van der Waals surface area contributed by atoms with Crippen molar-refractivity contribution in [3.63, 3.8) is 0 Å². The molecule has 18 heavy (non-hydrogen) atoms. The van der Waals surface area contributed by atoms with Crippen molar-refractivity contribution in [3.05, 3.63) is 29.8 Å². The maximum Gasteiger partial charge on any atom is 0.389 e. The molecule has 1 atom stereocenters. The molecule has 1 aromatic carbocycles. The molecule has 1 unspecified atom stereocenters. The molecule has 0 aliphatic carbocycles. The van der Waals surface area contributed by atoms with Gasteiger partial charge in [0.05, 0.1) is 6.61 Å². The highest BCUT2D eigenvalue weighted by atomic mass is 19.4. The Morgan fingerprint density at radius 2 is 2.06 bits per heavy atom. The molecule has 102 valence electrons. The molecular formula is C13H18F3NO. The maximum absolute atomic E-state index is 12.2. The van der Waals surface area contributed by atoms with E-state index in [9.17, 15) is 13.2 Å². The summed E-state index contributed by atoms with van der Waals surface area (Å²) in [6.07, 6.45) is -4.89. The van der Waals surface area contributed by atoms with Crippen molar-refractivity contribution in [3.8, 4) is 5.75 Å². The van der Waals surface area contributed by atoms with Crippen molar-refractivity contribution in [1.82, 2.24) is 5.32 Å². The van der Waals surface area contributed by atoms with E-state index in [1.807, 2.05) is 6.92 Å². The van der Waals surface area contributed by atoms with Crippen molar-refractivity contribution < 1.29 is 17.9 Å². The van der Waals surface area contributed by atoms with Crippen molar-refractivity contribution in [1.29, 1.82) is 0 Å². The maximum atomic E-state index is 12.2. The average Bonchev–Trinajstić information content (AvgIpc) is 2.29. The van der Waals surface area contributed by atoms with Crippen LogP contribution in [0, 0.1) is 0 Å². The van der Waals surface area contributed by atoms with E-state index in [1.165, 1.54) is 0 Å². The fraction of sp³-hybridized carbons (Fsp3) is 0.538. The number of halogens is 3. The van der Waals surface area contributed by atoms with Gasteiger partial charge in [0, 0.05) is 12.5 Å². The molecule has 0 spiro atoms. The van der Waals surface area contributed by atoms with Crippen LogP contribution in [0.4, 0.5) is 13.2 Å². The minimum absolute atomic E-state index is 0.0234. The number of alkyl halides is 3. The number of nitrogens with one attached hydrogen (secondary N) is 1. The largest absolute Gasteiger partial charge is 0.494 e. The number of hydrogen-bond donors (Lipinski definition) is 1. The summed E-state index contributed by atoms with van der Waals surface area (Å²) < 4.78 is 42.0. The Morgan fingerprint density at radius 3 is 2.61 bits per heavy atom. The monoisotopic (exact) mass is 261 g/mol. The van der Waals surface area contributed by atoms with Crippen molar-refractivity contribution >= 4 is 0 Å². The Balaban J connectivity index is 2.72. The Labute approximate surface area is 105 Å². The van der Waals surface area contributed by atoms with E-state index >= 15 is 0 Å². The van der Waals surface area contributed by atoms with Crippen molar-refractivity contribution in [2.75, 3.05) is 13.7 Å². The lowest BCUT2D eigenvalue weighted by molar-refractivity contribution is -0.136. The molecule has 0 aliphatic rings.